The van der Waals surface area contributed by atoms with Crippen LogP contribution in [0.25, 0.3) is 0 Å². The van der Waals surface area contributed by atoms with Crippen LogP contribution in [0.2, 0.25) is 0 Å². The molecule has 2 aromatic rings. The zero-order chi connectivity index (χ0) is 17.6. The first-order chi connectivity index (χ1) is 12.1. The quantitative estimate of drug-likeness (QED) is 0.753. The van der Waals surface area contributed by atoms with Gasteiger partial charge in [-0.15, -0.1) is 0 Å². The van der Waals surface area contributed by atoms with Gasteiger partial charge in [-0.3, -0.25) is 4.90 Å². The zero-order valence-corrected chi connectivity index (χ0v) is 15.7. The third-order valence-electron chi connectivity index (χ3n) is 4.58. The molecule has 1 saturated heterocycles. The van der Waals surface area contributed by atoms with E-state index in [-0.39, 0.29) is 6.10 Å². The Balaban J connectivity index is 1.52. The molecule has 1 atom stereocenters. The maximum atomic E-state index is 6.02. The first kappa shape index (κ1) is 18.2. The summed E-state index contributed by atoms with van der Waals surface area (Å²) in [6.45, 7) is 3.56. The zero-order valence-electron chi connectivity index (χ0n) is 15.7. The van der Waals surface area contributed by atoms with Crippen LogP contribution in [0.15, 0.2) is 40.8 Å². The van der Waals surface area contributed by atoms with Gasteiger partial charge in [0.25, 0.3) is 0 Å². The molecule has 1 aromatic carbocycles. The molecule has 0 aliphatic carbocycles. The predicted octanol–water partition coefficient (Wildman–Crippen LogP) is 4.21. The van der Waals surface area contributed by atoms with E-state index in [0.717, 1.165) is 44.2 Å². The molecule has 0 N–H and O–H groups in total. The fourth-order valence-electron chi connectivity index (χ4n) is 3.37. The molecule has 4 nitrogen and oxygen atoms in total. The lowest BCUT2D eigenvalue weighted by Crippen LogP contribution is -2.17. The lowest BCUT2D eigenvalue weighted by molar-refractivity contribution is 0.000907. The van der Waals surface area contributed by atoms with Crippen molar-refractivity contribution in [3.63, 3.8) is 0 Å². The van der Waals surface area contributed by atoms with Crippen molar-refractivity contribution >= 4 is 0 Å². The third kappa shape index (κ3) is 5.43. The lowest BCUT2D eigenvalue weighted by atomic mass is 10.1. The molecule has 1 fully saturated rings. The van der Waals surface area contributed by atoms with Crippen LogP contribution >= 0.6 is 0 Å². The van der Waals surface area contributed by atoms with Crippen LogP contribution in [0.1, 0.15) is 48.0 Å². The minimum Gasteiger partial charge on any atom is -0.462 e. The Labute approximate surface area is 151 Å². The van der Waals surface area contributed by atoms with Crippen LogP contribution in [-0.2, 0) is 24.4 Å². The van der Waals surface area contributed by atoms with Crippen molar-refractivity contribution in [2.24, 2.45) is 0 Å². The minimum atomic E-state index is 0.150. The first-order valence-electron chi connectivity index (χ1n) is 9.21. The Morgan fingerprint density at radius 1 is 0.880 bits per heavy atom. The molecule has 3 rings (SSSR count). The summed E-state index contributed by atoms with van der Waals surface area (Å²) in [7, 11) is 6.32. The van der Waals surface area contributed by atoms with E-state index >= 15 is 0 Å². The van der Waals surface area contributed by atoms with Gasteiger partial charge in [-0.1, -0.05) is 24.3 Å². The molecule has 1 aliphatic heterocycles. The van der Waals surface area contributed by atoms with Crippen molar-refractivity contribution in [3.05, 3.63) is 59.0 Å². The fourth-order valence-corrected chi connectivity index (χ4v) is 3.37. The van der Waals surface area contributed by atoms with Gasteiger partial charge in [-0.05, 0) is 63.7 Å². The number of hydrogen-bond donors (Lipinski definition) is 0. The smallest absolute Gasteiger partial charge is 0.133 e. The van der Waals surface area contributed by atoms with Crippen molar-refractivity contribution < 1.29 is 9.15 Å². The molecule has 0 saturated carbocycles. The van der Waals surface area contributed by atoms with Crippen LogP contribution in [-0.4, -0.2) is 37.5 Å². The molecule has 0 amide bonds. The monoisotopic (exact) mass is 342 g/mol. The van der Waals surface area contributed by atoms with Crippen LogP contribution < -0.4 is 0 Å². The number of furan rings is 1. The van der Waals surface area contributed by atoms with Crippen molar-refractivity contribution in [1.29, 1.82) is 0 Å². The number of rotatable bonds is 7. The number of nitrogens with zero attached hydrogens (tertiary/aromatic N) is 2. The maximum absolute atomic E-state index is 6.02. The van der Waals surface area contributed by atoms with Gasteiger partial charge >= 0.3 is 0 Å². The summed E-state index contributed by atoms with van der Waals surface area (Å²) in [6.07, 6.45) is 3.61. The molecule has 0 spiro atoms. The Morgan fingerprint density at radius 2 is 1.60 bits per heavy atom. The van der Waals surface area contributed by atoms with E-state index in [0.29, 0.717) is 0 Å². The van der Waals surface area contributed by atoms with Gasteiger partial charge in [0.05, 0.1) is 6.54 Å². The predicted molar refractivity (Wildman–Crippen MR) is 100 cm³/mol. The molecule has 25 heavy (non-hydrogen) atoms. The van der Waals surface area contributed by atoms with Gasteiger partial charge in [0, 0.05) is 19.7 Å². The second-order valence-corrected chi connectivity index (χ2v) is 7.39. The summed E-state index contributed by atoms with van der Waals surface area (Å²) in [5.74, 6) is 1.99. The number of benzene rings is 1. The summed E-state index contributed by atoms with van der Waals surface area (Å²) < 4.78 is 11.8. The molecular formula is C21H30N2O2. The highest BCUT2D eigenvalue weighted by Gasteiger charge is 2.19. The Hall–Kier alpha value is -1.62. The first-order valence-corrected chi connectivity index (χ1v) is 9.21. The van der Waals surface area contributed by atoms with E-state index in [1.807, 2.05) is 0 Å². The van der Waals surface area contributed by atoms with Crippen LogP contribution in [0.3, 0.4) is 0 Å². The van der Waals surface area contributed by atoms with Gasteiger partial charge in [-0.2, -0.15) is 0 Å². The van der Waals surface area contributed by atoms with Crippen molar-refractivity contribution in [2.45, 2.75) is 45.0 Å². The molecule has 1 aromatic heterocycles. The summed E-state index contributed by atoms with van der Waals surface area (Å²) in [5, 5.41) is 0. The second kappa shape index (κ2) is 8.65. The van der Waals surface area contributed by atoms with Crippen LogP contribution in [0.5, 0.6) is 0 Å². The third-order valence-corrected chi connectivity index (χ3v) is 4.58. The summed E-state index contributed by atoms with van der Waals surface area (Å²) >= 11 is 0. The standard InChI is InChI=1S/C21H30N2O2/c1-22(2)14-17-7-9-18(10-8-17)15-23(3)16-19-11-12-21(25-19)20-6-4-5-13-24-20/h7-12,20H,4-6,13-16H2,1-3H3. The van der Waals surface area contributed by atoms with Gasteiger partial charge in [0.15, 0.2) is 0 Å². The van der Waals surface area contributed by atoms with Gasteiger partial charge in [0.2, 0.25) is 0 Å². The van der Waals surface area contributed by atoms with Crippen molar-refractivity contribution in [3.8, 4) is 0 Å². The van der Waals surface area contributed by atoms with Crippen LogP contribution in [0, 0.1) is 0 Å². The fraction of sp³-hybridized carbons (Fsp3) is 0.524. The lowest BCUT2D eigenvalue weighted by Gasteiger charge is -2.20. The van der Waals surface area contributed by atoms with E-state index in [2.05, 4.69) is 67.3 Å². The van der Waals surface area contributed by atoms with E-state index in [4.69, 9.17) is 9.15 Å². The normalized spacial score (nSPS) is 18.2. The van der Waals surface area contributed by atoms with E-state index in [1.54, 1.807) is 0 Å². The van der Waals surface area contributed by atoms with Gasteiger partial charge in [0.1, 0.15) is 17.6 Å². The van der Waals surface area contributed by atoms with Gasteiger partial charge in [-0.25, -0.2) is 0 Å². The van der Waals surface area contributed by atoms with Crippen molar-refractivity contribution in [1.82, 2.24) is 9.80 Å². The summed E-state index contributed by atoms with van der Waals surface area (Å²) in [5.41, 5.74) is 2.67. The van der Waals surface area contributed by atoms with E-state index in [1.165, 1.54) is 24.0 Å². The molecular weight excluding hydrogens is 312 g/mol. The largest absolute Gasteiger partial charge is 0.462 e. The Morgan fingerprint density at radius 3 is 2.24 bits per heavy atom. The van der Waals surface area contributed by atoms with E-state index < -0.39 is 0 Å². The molecule has 2 heterocycles. The molecule has 0 radical (unpaired) electrons. The van der Waals surface area contributed by atoms with Crippen molar-refractivity contribution in [2.75, 3.05) is 27.7 Å². The minimum absolute atomic E-state index is 0.150. The molecule has 1 aliphatic rings. The molecule has 4 heteroatoms. The van der Waals surface area contributed by atoms with E-state index in [9.17, 15) is 0 Å². The molecule has 136 valence electrons. The Bertz CT molecular complexity index is 642. The average molecular weight is 342 g/mol. The molecule has 0 bridgehead atoms. The summed E-state index contributed by atoms with van der Waals surface area (Å²) in [4.78, 5) is 4.47. The topological polar surface area (TPSA) is 28.9 Å². The number of hydrogen-bond acceptors (Lipinski definition) is 4. The highest BCUT2D eigenvalue weighted by Crippen LogP contribution is 2.29. The highest BCUT2D eigenvalue weighted by molar-refractivity contribution is 5.22. The molecule has 1 unspecified atom stereocenters. The highest BCUT2D eigenvalue weighted by atomic mass is 16.5. The van der Waals surface area contributed by atoms with Gasteiger partial charge < -0.3 is 14.1 Å². The van der Waals surface area contributed by atoms with Crippen LogP contribution in [0.4, 0.5) is 0 Å². The Kier molecular flexibility index (Phi) is 6.29. The summed E-state index contributed by atoms with van der Waals surface area (Å²) in [6, 6.07) is 13.0. The second-order valence-electron chi connectivity index (χ2n) is 7.39. The SMILES string of the molecule is CN(C)Cc1ccc(CN(C)Cc2ccc(C3CCCCO3)o2)cc1. The average Bonchev–Trinajstić information content (AvgIpc) is 3.05. The number of ether oxygens (including phenoxy) is 1. The maximum Gasteiger partial charge on any atom is 0.133 e.